The summed E-state index contributed by atoms with van der Waals surface area (Å²) < 4.78 is 9.93. The van der Waals surface area contributed by atoms with Crippen LogP contribution in [0.2, 0.25) is 0 Å². The maximum Gasteiger partial charge on any atom is 0.333 e. The fourth-order valence-electron chi connectivity index (χ4n) is 0.955. The number of carbonyl (C=O) groups is 2. The average molecular weight is 318 g/mol. The minimum absolute atomic E-state index is 0.334. The summed E-state index contributed by atoms with van der Waals surface area (Å²) in [5.74, 6) is 2.85. The minimum atomic E-state index is -0.334. The van der Waals surface area contributed by atoms with Crippen molar-refractivity contribution in [1.82, 2.24) is 0 Å². The monoisotopic (exact) mass is 318 g/mol. The molecule has 0 amide bonds. The number of ether oxygens (including phenoxy) is 2. The van der Waals surface area contributed by atoms with Gasteiger partial charge in [-0.2, -0.15) is 23.5 Å². The molecule has 0 rings (SSSR count). The number of esters is 2. The Morgan fingerprint density at radius 1 is 0.800 bits per heavy atom. The van der Waals surface area contributed by atoms with E-state index >= 15 is 0 Å². The smallest absolute Gasteiger partial charge is 0.333 e. The van der Waals surface area contributed by atoms with E-state index in [0.717, 1.165) is 23.0 Å². The van der Waals surface area contributed by atoms with Gasteiger partial charge >= 0.3 is 11.9 Å². The van der Waals surface area contributed by atoms with Gasteiger partial charge in [-0.25, -0.2) is 9.59 Å². The van der Waals surface area contributed by atoms with Crippen LogP contribution in [0.25, 0.3) is 0 Å². The summed E-state index contributed by atoms with van der Waals surface area (Å²) in [6, 6.07) is 0. The third-order valence-corrected chi connectivity index (χ3v) is 4.15. The van der Waals surface area contributed by atoms with Crippen molar-refractivity contribution in [2.45, 2.75) is 13.8 Å². The van der Waals surface area contributed by atoms with E-state index in [1.165, 1.54) is 0 Å². The Balaban J connectivity index is 3.25. The van der Waals surface area contributed by atoms with Gasteiger partial charge < -0.3 is 9.47 Å². The fraction of sp³-hybridized carbons (Fsp3) is 0.571. The third-order valence-electron chi connectivity index (χ3n) is 1.99. The Morgan fingerprint density at radius 2 is 1.15 bits per heavy atom. The molecule has 0 aliphatic carbocycles. The summed E-state index contributed by atoms with van der Waals surface area (Å²) in [4.78, 5) is 22.1. The van der Waals surface area contributed by atoms with Crippen molar-refractivity contribution in [2.24, 2.45) is 0 Å². The summed E-state index contributed by atoms with van der Waals surface area (Å²) in [6.45, 7) is 11.1. The summed E-state index contributed by atoms with van der Waals surface area (Å²) >= 11 is 3.45. The molecule has 0 aliphatic rings. The molecule has 0 fully saturated rings. The molecular formula is C14H22O4S2. The van der Waals surface area contributed by atoms with E-state index < -0.39 is 0 Å². The summed E-state index contributed by atoms with van der Waals surface area (Å²) in [5, 5.41) is 0. The number of carbonyl (C=O) groups excluding carboxylic acids is 2. The highest BCUT2D eigenvalue weighted by Crippen LogP contribution is 2.07. The Labute approximate surface area is 129 Å². The number of thioether (sulfide) groups is 2. The average Bonchev–Trinajstić information content (AvgIpc) is 2.39. The van der Waals surface area contributed by atoms with Crippen LogP contribution >= 0.6 is 23.5 Å². The summed E-state index contributed by atoms with van der Waals surface area (Å²) in [5.41, 5.74) is 0.852. The van der Waals surface area contributed by atoms with Crippen LogP contribution in [0.5, 0.6) is 0 Å². The zero-order valence-electron chi connectivity index (χ0n) is 12.1. The fourth-order valence-corrected chi connectivity index (χ4v) is 2.71. The first-order chi connectivity index (χ1) is 9.45. The van der Waals surface area contributed by atoms with Crippen LogP contribution in [-0.4, -0.2) is 48.2 Å². The predicted octanol–water partition coefficient (Wildman–Crippen LogP) is 2.69. The maximum absolute atomic E-state index is 11.1. The molecule has 4 nitrogen and oxygen atoms in total. The normalized spacial score (nSPS) is 9.90. The predicted molar refractivity (Wildman–Crippen MR) is 86.2 cm³/mol. The summed E-state index contributed by atoms with van der Waals surface area (Å²) in [6.07, 6.45) is 0. The summed E-state index contributed by atoms with van der Waals surface area (Å²) in [7, 11) is 0. The Kier molecular flexibility index (Phi) is 11.4. The van der Waals surface area contributed by atoms with Gasteiger partial charge in [0.25, 0.3) is 0 Å². The molecule has 0 spiro atoms. The Hall–Kier alpha value is -0.880. The lowest BCUT2D eigenvalue weighted by Crippen LogP contribution is -2.08. The standard InChI is InChI=1S/C14H22O4S2/c1-11(2)13(15)17-5-7-19-9-10-20-8-6-18-14(16)12(3)4/h1,3,5-10H2,2,4H3. The molecule has 6 heteroatoms. The van der Waals surface area contributed by atoms with Crippen molar-refractivity contribution in [2.75, 3.05) is 36.2 Å². The number of hydrogen-bond acceptors (Lipinski definition) is 6. The lowest BCUT2D eigenvalue weighted by Gasteiger charge is -2.05. The van der Waals surface area contributed by atoms with Gasteiger partial charge in [-0.3, -0.25) is 0 Å². The lowest BCUT2D eigenvalue weighted by molar-refractivity contribution is -0.139. The van der Waals surface area contributed by atoms with E-state index in [4.69, 9.17) is 9.47 Å². The molecule has 0 radical (unpaired) electrons. The van der Waals surface area contributed by atoms with E-state index in [1.807, 2.05) is 0 Å². The first-order valence-electron chi connectivity index (χ1n) is 6.26. The molecule has 0 atom stereocenters. The van der Waals surface area contributed by atoms with Crippen molar-refractivity contribution < 1.29 is 19.1 Å². The second-order valence-electron chi connectivity index (χ2n) is 4.06. The maximum atomic E-state index is 11.1. The molecule has 0 aromatic carbocycles. The molecule has 114 valence electrons. The number of hydrogen-bond donors (Lipinski definition) is 0. The van der Waals surface area contributed by atoms with E-state index in [9.17, 15) is 9.59 Å². The number of rotatable bonds is 11. The molecule has 0 saturated heterocycles. The first kappa shape index (κ1) is 19.1. The zero-order valence-corrected chi connectivity index (χ0v) is 13.7. The lowest BCUT2D eigenvalue weighted by atomic mass is 10.4. The molecular weight excluding hydrogens is 296 g/mol. The Morgan fingerprint density at radius 3 is 1.45 bits per heavy atom. The molecule has 0 aromatic rings. The SMILES string of the molecule is C=C(C)C(=O)OCCSCCSCCOC(=O)C(=C)C. The van der Waals surface area contributed by atoms with Gasteiger partial charge in [-0.1, -0.05) is 13.2 Å². The van der Waals surface area contributed by atoms with E-state index in [1.54, 1.807) is 37.4 Å². The van der Waals surface area contributed by atoms with Gasteiger partial charge in [-0.15, -0.1) is 0 Å². The second-order valence-corrected chi connectivity index (χ2v) is 6.51. The molecule has 0 unspecified atom stereocenters. The highest BCUT2D eigenvalue weighted by atomic mass is 32.2. The molecule has 20 heavy (non-hydrogen) atoms. The van der Waals surface area contributed by atoms with Gasteiger partial charge in [0.2, 0.25) is 0 Å². The minimum Gasteiger partial charge on any atom is -0.461 e. The largest absolute Gasteiger partial charge is 0.461 e. The molecule has 0 bridgehead atoms. The molecule has 0 N–H and O–H groups in total. The van der Waals surface area contributed by atoms with Gasteiger partial charge in [0.05, 0.1) is 0 Å². The van der Waals surface area contributed by atoms with Crippen LogP contribution < -0.4 is 0 Å². The molecule has 0 aliphatic heterocycles. The van der Waals surface area contributed by atoms with E-state index in [2.05, 4.69) is 13.2 Å². The highest BCUT2D eigenvalue weighted by Gasteiger charge is 2.03. The molecule has 0 saturated carbocycles. The van der Waals surface area contributed by atoms with E-state index in [0.29, 0.717) is 24.4 Å². The third kappa shape index (κ3) is 11.0. The first-order valence-corrected chi connectivity index (χ1v) is 8.57. The topological polar surface area (TPSA) is 52.6 Å². The van der Waals surface area contributed by atoms with Gasteiger partial charge in [-0.05, 0) is 13.8 Å². The van der Waals surface area contributed by atoms with Crippen LogP contribution in [0.1, 0.15) is 13.8 Å². The van der Waals surface area contributed by atoms with Crippen LogP contribution in [0.4, 0.5) is 0 Å². The van der Waals surface area contributed by atoms with Crippen molar-refractivity contribution in [3.05, 3.63) is 24.3 Å². The van der Waals surface area contributed by atoms with Crippen molar-refractivity contribution >= 4 is 35.5 Å². The Bertz CT molecular complexity index is 319. The quantitative estimate of drug-likeness (QED) is 0.332. The van der Waals surface area contributed by atoms with Gasteiger partial charge in [0.1, 0.15) is 13.2 Å². The molecule has 0 heterocycles. The van der Waals surface area contributed by atoms with Crippen LogP contribution in [-0.2, 0) is 19.1 Å². The van der Waals surface area contributed by atoms with Crippen molar-refractivity contribution in [1.29, 1.82) is 0 Å². The van der Waals surface area contributed by atoms with Crippen molar-refractivity contribution in [3.8, 4) is 0 Å². The van der Waals surface area contributed by atoms with Crippen LogP contribution in [0, 0.1) is 0 Å². The van der Waals surface area contributed by atoms with Gasteiger partial charge in [0.15, 0.2) is 0 Å². The van der Waals surface area contributed by atoms with Crippen molar-refractivity contribution in [3.63, 3.8) is 0 Å². The highest BCUT2D eigenvalue weighted by molar-refractivity contribution is 8.02. The van der Waals surface area contributed by atoms with E-state index in [-0.39, 0.29) is 11.9 Å². The van der Waals surface area contributed by atoms with Crippen LogP contribution in [0.15, 0.2) is 24.3 Å². The van der Waals surface area contributed by atoms with Crippen LogP contribution in [0.3, 0.4) is 0 Å². The molecule has 0 aromatic heterocycles. The second kappa shape index (κ2) is 11.9. The zero-order chi connectivity index (χ0) is 15.4. The van der Waals surface area contributed by atoms with Gasteiger partial charge in [0, 0.05) is 34.2 Å².